The Bertz CT molecular complexity index is 914. The van der Waals surface area contributed by atoms with Crippen molar-refractivity contribution in [2.75, 3.05) is 5.32 Å². The first-order chi connectivity index (χ1) is 11.1. The van der Waals surface area contributed by atoms with Crippen molar-refractivity contribution in [3.63, 3.8) is 0 Å². The standard InChI is InChI=1S/C17H16N4O2/c1-10(2)23-17-16-19-9-14(21(16)6-5-18-17)12-4-3-11-8-15(22)20-13(11)7-12/h3-7,9-10H,8H2,1-2H3,(H,20,22). The molecule has 1 aliphatic heterocycles. The van der Waals surface area contributed by atoms with Gasteiger partial charge in [0.15, 0.2) is 0 Å². The SMILES string of the molecule is CC(C)Oc1nccn2c(-c3ccc4c(c3)NC(=O)C4)cnc12. The van der Waals surface area contributed by atoms with Gasteiger partial charge in [0.05, 0.1) is 24.4 Å². The maximum atomic E-state index is 11.5. The van der Waals surface area contributed by atoms with Crippen LogP contribution in [0.4, 0.5) is 5.69 Å². The van der Waals surface area contributed by atoms with Crippen molar-refractivity contribution < 1.29 is 9.53 Å². The van der Waals surface area contributed by atoms with E-state index in [4.69, 9.17) is 4.74 Å². The van der Waals surface area contributed by atoms with Crippen molar-refractivity contribution in [2.24, 2.45) is 0 Å². The van der Waals surface area contributed by atoms with Gasteiger partial charge in [-0.3, -0.25) is 9.20 Å². The summed E-state index contributed by atoms with van der Waals surface area (Å²) in [5.74, 6) is 0.551. The molecule has 0 spiro atoms. The van der Waals surface area contributed by atoms with Gasteiger partial charge in [0.1, 0.15) is 0 Å². The van der Waals surface area contributed by atoms with E-state index in [0.29, 0.717) is 17.9 Å². The Labute approximate surface area is 133 Å². The number of carbonyl (C=O) groups is 1. The fourth-order valence-corrected chi connectivity index (χ4v) is 2.79. The molecule has 3 heterocycles. The van der Waals surface area contributed by atoms with Gasteiger partial charge >= 0.3 is 0 Å². The highest BCUT2D eigenvalue weighted by Crippen LogP contribution is 2.30. The Hall–Kier alpha value is -2.89. The molecule has 1 aliphatic rings. The minimum Gasteiger partial charge on any atom is -0.472 e. The number of benzene rings is 1. The molecule has 116 valence electrons. The van der Waals surface area contributed by atoms with E-state index in [-0.39, 0.29) is 12.0 Å². The van der Waals surface area contributed by atoms with Gasteiger partial charge in [0.25, 0.3) is 5.88 Å². The van der Waals surface area contributed by atoms with Crippen LogP contribution in [-0.4, -0.2) is 26.4 Å². The molecule has 0 unspecified atom stereocenters. The number of carbonyl (C=O) groups excluding carboxylic acids is 1. The van der Waals surface area contributed by atoms with Gasteiger partial charge < -0.3 is 10.1 Å². The third kappa shape index (κ3) is 2.32. The molecule has 0 fully saturated rings. The van der Waals surface area contributed by atoms with E-state index in [9.17, 15) is 4.79 Å². The Morgan fingerprint density at radius 2 is 2.17 bits per heavy atom. The van der Waals surface area contributed by atoms with E-state index in [1.165, 1.54) is 0 Å². The van der Waals surface area contributed by atoms with Crippen LogP contribution in [0.15, 0.2) is 36.8 Å². The molecule has 23 heavy (non-hydrogen) atoms. The molecular weight excluding hydrogens is 292 g/mol. The summed E-state index contributed by atoms with van der Waals surface area (Å²) in [6, 6.07) is 5.97. The van der Waals surface area contributed by atoms with Gasteiger partial charge in [-0.05, 0) is 25.5 Å². The zero-order valence-corrected chi connectivity index (χ0v) is 12.9. The lowest BCUT2D eigenvalue weighted by molar-refractivity contribution is -0.115. The lowest BCUT2D eigenvalue weighted by Gasteiger charge is -2.10. The number of hydrogen-bond acceptors (Lipinski definition) is 4. The lowest BCUT2D eigenvalue weighted by atomic mass is 10.1. The molecule has 0 radical (unpaired) electrons. The molecule has 1 aromatic carbocycles. The normalized spacial score (nSPS) is 13.4. The Morgan fingerprint density at radius 3 is 3.00 bits per heavy atom. The number of imidazole rings is 1. The average Bonchev–Trinajstić information content (AvgIpc) is 3.08. The van der Waals surface area contributed by atoms with Gasteiger partial charge in [-0.1, -0.05) is 12.1 Å². The predicted octanol–water partition coefficient (Wildman–Crippen LogP) is 2.68. The van der Waals surface area contributed by atoms with Crippen LogP contribution in [0.1, 0.15) is 19.4 Å². The van der Waals surface area contributed by atoms with Gasteiger partial charge in [0.2, 0.25) is 11.6 Å². The molecule has 0 atom stereocenters. The summed E-state index contributed by atoms with van der Waals surface area (Å²) in [7, 11) is 0. The average molecular weight is 308 g/mol. The summed E-state index contributed by atoms with van der Waals surface area (Å²) in [5.41, 5.74) is 4.49. The molecule has 4 rings (SSSR count). The summed E-state index contributed by atoms with van der Waals surface area (Å²) in [4.78, 5) is 20.2. The third-order valence-corrected chi connectivity index (χ3v) is 3.77. The van der Waals surface area contributed by atoms with Crippen molar-refractivity contribution in [1.82, 2.24) is 14.4 Å². The number of fused-ring (bicyclic) bond motifs is 2. The molecule has 6 nitrogen and oxygen atoms in total. The first kappa shape index (κ1) is 13.8. The van der Waals surface area contributed by atoms with Crippen LogP contribution in [-0.2, 0) is 11.2 Å². The van der Waals surface area contributed by atoms with Crippen molar-refractivity contribution in [3.05, 3.63) is 42.4 Å². The fraction of sp³-hybridized carbons (Fsp3) is 0.235. The molecule has 0 aliphatic carbocycles. The van der Waals surface area contributed by atoms with E-state index in [1.54, 1.807) is 12.4 Å². The second-order valence-corrected chi connectivity index (χ2v) is 5.83. The maximum Gasteiger partial charge on any atom is 0.258 e. The van der Waals surface area contributed by atoms with Crippen molar-refractivity contribution in [2.45, 2.75) is 26.4 Å². The highest BCUT2D eigenvalue weighted by atomic mass is 16.5. The lowest BCUT2D eigenvalue weighted by Crippen LogP contribution is -2.08. The van der Waals surface area contributed by atoms with Gasteiger partial charge in [-0.2, -0.15) is 0 Å². The third-order valence-electron chi connectivity index (χ3n) is 3.77. The Balaban J connectivity index is 1.81. The molecule has 1 amide bonds. The topological polar surface area (TPSA) is 68.5 Å². The first-order valence-electron chi connectivity index (χ1n) is 7.53. The molecule has 1 N–H and O–H groups in total. The summed E-state index contributed by atoms with van der Waals surface area (Å²) >= 11 is 0. The number of nitrogens with one attached hydrogen (secondary N) is 1. The summed E-state index contributed by atoms with van der Waals surface area (Å²) in [5, 5.41) is 2.88. The number of anilines is 1. The van der Waals surface area contributed by atoms with Crippen LogP contribution in [0, 0.1) is 0 Å². The largest absolute Gasteiger partial charge is 0.472 e. The number of hydrogen-bond donors (Lipinski definition) is 1. The van der Waals surface area contributed by atoms with Crippen LogP contribution < -0.4 is 10.1 Å². The van der Waals surface area contributed by atoms with Crippen molar-refractivity contribution >= 4 is 17.2 Å². The Morgan fingerprint density at radius 1 is 1.30 bits per heavy atom. The van der Waals surface area contributed by atoms with Gasteiger partial charge in [-0.15, -0.1) is 0 Å². The first-order valence-corrected chi connectivity index (χ1v) is 7.53. The van der Waals surface area contributed by atoms with Crippen LogP contribution in [0.3, 0.4) is 0 Å². The van der Waals surface area contributed by atoms with Crippen LogP contribution in [0.2, 0.25) is 0 Å². The summed E-state index contributed by atoms with van der Waals surface area (Å²) in [6.07, 6.45) is 5.83. The van der Waals surface area contributed by atoms with E-state index in [0.717, 1.165) is 22.5 Å². The smallest absolute Gasteiger partial charge is 0.258 e. The number of amides is 1. The minimum atomic E-state index is 0.0315. The number of rotatable bonds is 3. The van der Waals surface area contributed by atoms with E-state index in [2.05, 4.69) is 15.3 Å². The monoisotopic (exact) mass is 308 g/mol. The highest BCUT2D eigenvalue weighted by Gasteiger charge is 2.19. The second kappa shape index (κ2) is 5.08. The fourth-order valence-electron chi connectivity index (χ4n) is 2.79. The molecule has 3 aromatic rings. The number of aromatic nitrogens is 3. The maximum absolute atomic E-state index is 11.5. The molecular formula is C17H16N4O2. The van der Waals surface area contributed by atoms with Gasteiger partial charge in [-0.25, -0.2) is 9.97 Å². The van der Waals surface area contributed by atoms with Crippen molar-refractivity contribution in [1.29, 1.82) is 0 Å². The van der Waals surface area contributed by atoms with Crippen LogP contribution >= 0.6 is 0 Å². The van der Waals surface area contributed by atoms with E-state index in [1.807, 2.05) is 42.6 Å². The molecule has 0 saturated heterocycles. The zero-order valence-electron chi connectivity index (χ0n) is 12.9. The van der Waals surface area contributed by atoms with Crippen molar-refractivity contribution in [3.8, 4) is 17.1 Å². The van der Waals surface area contributed by atoms with Gasteiger partial charge in [0, 0.05) is 23.6 Å². The van der Waals surface area contributed by atoms with Crippen LogP contribution in [0.5, 0.6) is 5.88 Å². The quantitative estimate of drug-likeness (QED) is 0.807. The molecule has 6 heteroatoms. The highest BCUT2D eigenvalue weighted by molar-refractivity contribution is 5.99. The zero-order chi connectivity index (χ0) is 16.0. The number of nitrogens with zero attached hydrogens (tertiary/aromatic N) is 3. The molecule has 2 aromatic heterocycles. The molecule has 0 saturated carbocycles. The summed E-state index contributed by atoms with van der Waals surface area (Å²) in [6.45, 7) is 3.91. The predicted molar refractivity (Wildman–Crippen MR) is 86.5 cm³/mol. The van der Waals surface area contributed by atoms with E-state index >= 15 is 0 Å². The van der Waals surface area contributed by atoms with Crippen LogP contribution in [0.25, 0.3) is 16.9 Å². The Kier molecular flexibility index (Phi) is 3.04. The number of ether oxygens (including phenoxy) is 1. The summed E-state index contributed by atoms with van der Waals surface area (Å²) < 4.78 is 7.66. The second-order valence-electron chi connectivity index (χ2n) is 5.83. The minimum absolute atomic E-state index is 0.0315. The molecule has 0 bridgehead atoms. The van der Waals surface area contributed by atoms with E-state index < -0.39 is 0 Å².